The van der Waals surface area contributed by atoms with Crippen LogP contribution in [0.3, 0.4) is 0 Å². The van der Waals surface area contributed by atoms with Crippen LogP contribution in [-0.4, -0.2) is 33.3 Å². The van der Waals surface area contributed by atoms with Crippen molar-refractivity contribution in [2.24, 2.45) is 4.99 Å². The van der Waals surface area contributed by atoms with Gasteiger partial charge in [0.1, 0.15) is 5.75 Å². The minimum Gasteiger partial charge on any atom is -0.494 e. The number of benzene rings is 2. The summed E-state index contributed by atoms with van der Waals surface area (Å²) in [6.45, 7) is 1.82. The van der Waals surface area contributed by atoms with Crippen LogP contribution in [0.2, 0.25) is 0 Å². The van der Waals surface area contributed by atoms with Crippen molar-refractivity contribution in [1.82, 2.24) is 10.6 Å². The fraction of sp³-hybridized carbons (Fsp3) is 0.316. The summed E-state index contributed by atoms with van der Waals surface area (Å²) in [5, 5.41) is 6.35. The molecule has 0 aliphatic heterocycles. The molecule has 2 rings (SSSR count). The third kappa shape index (κ3) is 7.47. The van der Waals surface area contributed by atoms with Gasteiger partial charge in [-0.15, -0.1) is 24.0 Å². The van der Waals surface area contributed by atoms with E-state index in [4.69, 9.17) is 9.47 Å². The van der Waals surface area contributed by atoms with Crippen LogP contribution in [0.5, 0.6) is 11.5 Å². The first-order chi connectivity index (χ1) is 12.2. The van der Waals surface area contributed by atoms with Crippen LogP contribution in [0.4, 0.5) is 4.39 Å². The van der Waals surface area contributed by atoms with Gasteiger partial charge in [0.05, 0.1) is 13.7 Å². The van der Waals surface area contributed by atoms with Gasteiger partial charge in [0.15, 0.2) is 17.5 Å². The number of para-hydroxylation sites is 1. The second kappa shape index (κ2) is 12.3. The predicted molar refractivity (Wildman–Crippen MR) is 113 cm³/mol. The summed E-state index contributed by atoms with van der Waals surface area (Å²) >= 11 is 0. The molecule has 0 saturated carbocycles. The number of guanidine groups is 1. The maximum Gasteiger partial charge on any atom is 0.191 e. The van der Waals surface area contributed by atoms with Gasteiger partial charge in [-0.2, -0.15) is 0 Å². The van der Waals surface area contributed by atoms with Crippen molar-refractivity contribution in [3.8, 4) is 11.5 Å². The van der Waals surface area contributed by atoms with Crippen LogP contribution in [0.25, 0.3) is 0 Å². The number of hydrogen-bond donors (Lipinski definition) is 2. The standard InChI is InChI=1S/C19H24FN3O2.HI/c1-21-19(22-11-6-12-25-16-7-4-3-5-8-16)23-14-15-9-10-18(24-2)17(20)13-15;/h3-5,7-10,13H,6,11-12,14H2,1-2H3,(H2,21,22,23);1H. The molecule has 0 amide bonds. The van der Waals surface area contributed by atoms with Crippen LogP contribution in [0.15, 0.2) is 53.5 Å². The van der Waals surface area contributed by atoms with Crippen molar-refractivity contribution in [2.75, 3.05) is 27.3 Å². The van der Waals surface area contributed by atoms with E-state index in [1.54, 1.807) is 13.1 Å². The number of hydrogen-bond acceptors (Lipinski definition) is 3. The second-order valence-corrected chi connectivity index (χ2v) is 5.34. The lowest BCUT2D eigenvalue weighted by Gasteiger charge is -2.13. The normalized spacial score (nSPS) is 10.7. The van der Waals surface area contributed by atoms with E-state index in [9.17, 15) is 4.39 Å². The Balaban J connectivity index is 0.00000338. The van der Waals surface area contributed by atoms with Gasteiger partial charge in [0.2, 0.25) is 0 Å². The Hall–Kier alpha value is -2.03. The highest BCUT2D eigenvalue weighted by molar-refractivity contribution is 14.0. The number of halogens is 2. The molecule has 0 atom stereocenters. The summed E-state index contributed by atoms with van der Waals surface area (Å²) in [6.07, 6.45) is 0.840. The zero-order chi connectivity index (χ0) is 17.9. The van der Waals surface area contributed by atoms with Crippen LogP contribution in [0.1, 0.15) is 12.0 Å². The molecule has 26 heavy (non-hydrogen) atoms. The van der Waals surface area contributed by atoms with Gasteiger partial charge in [-0.05, 0) is 36.2 Å². The fourth-order valence-electron chi connectivity index (χ4n) is 2.21. The maximum absolute atomic E-state index is 13.7. The minimum atomic E-state index is -0.372. The molecule has 5 nitrogen and oxygen atoms in total. The van der Waals surface area contributed by atoms with Gasteiger partial charge < -0.3 is 20.1 Å². The number of aliphatic imine (C=N–C) groups is 1. The summed E-state index contributed by atoms with van der Waals surface area (Å²) in [7, 11) is 3.15. The maximum atomic E-state index is 13.7. The van der Waals surface area contributed by atoms with E-state index in [-0.39, 0.29) is 35.5 Å². The molecule has 2 N–H and O–H groups in total. The molecule has 0 unspecified atom stereocenters. The highest BCUT2D eigenvalue weighted by Gasteiger charge is 2.04. The summed E-state index contributed by atoms with van der Waals surface area (Å²) in [6, 6.07) is 14.6. The monoisotopic (exact) mass is 473 g/mol. The average Bonchev–Trinajstić information content (AvgIpc) is 2.65. The van der Waals surface area contributed by atoms with E-state index in [1.165, 1.54) is 13.2 Å². The molecule has 0 bridgehead atoms. The summed E-state index contributed by atoms with van der Waals surface area (Å²) in [4.78, 5) is 4.15. The Bertz CT molecular complexity index is 684. The van der Waals surface area contributed by atoms with E-state index in [0.29, 0.717) is 19.1 Å². The Morgan fingerprint density at radius 2 is 1.88 bits per heavy atom. The lowest BCUT2D eigenvalue weighted by atomic mass is 10.2. The Morgan fingerprint density at radius 1 is 1.12 bits per heavy atom. The van der Waals surface area contributed by atoms with E-state index < -0.39 is 0 Å². The molecule has 0 aliphatic rings. The average molecular weight is 473 g/mol. The van der Waals surface area contributed by atoms with Crippen molar-refractivity contribution < 1.29 is 13.9 Å². The molecule has 0 heterocycles. The SMILES string of the molecule is CN=C(NCCCOc1ccccc1)NCc1ccc(OC)c(F)c1.I. The van der Waals surface area contributed by atoms with Crippen LogP contribution in [0, 0.1) is 5.82 Å². The van der Waals surface area contributed by atoms with Crippen LogP contribution >= 0.6 is 24.0 Å². The molecule has 0 spiro atoms. The summed E-state index contributed by atoms with van der Waals surface area (Å²) in [5.41, 5.74) is 0.814. The molecule has 0 aliphatic carbocycles. The number of nitrogens with one attached hydrogen (secondary N) is 2. The molecule has 142 valence electrons. The topological polar surface area (TPSA) is 54.9 Å². The first-order valence-electron chi connectivity index (χ1n) is 8.17. The van der Waals surface area contributed by atoms with Gasteiger partial charge in [-0.3, -0.25) is 4.99 Å². The zero-order valence-corrected chi connectivity index (χ0v) is 17.3. The van der Waals surface area contributed by atoms with Crippen molar-refractivity contribution >= 4 is 29.9 Å². The van der Waals surface area contributed by atoms with E-state index in [2.05, 4.69) is 15.6 Å². The van der Waals surface area contributed by atoms with Crippen molar-refractivity contribution in [2.45, 2.75) is 13.0 Å². The lowest BCUT2D eigenvalue weighted by molar-refractivity contribution is 0.311. The third-order valence-electron chi connectivity index (χ3n) is 3.53. The molecule has 0 aromatic heterocycles. The van der Waals surface area contributed by atoms with Crippen molar-refractivity contribution in [3.63, 3.8) is 0 Å². The third-order valence-corrected chi connectivity index (χ3v) is 3.53. The molecular weight excluding hydrogens is 448 g/mol. The first-order valence-corrected chi connectivity index (χ1v) is 8.17. The van der Waals surface area contributed by atoms with Gasteiger partial charge in [-0.25, -0.2) is 4.39 Å². The highest BCUT2D eigenvalue weighted by atomic mass is 127. The van der Waals surface area contributed by atoms with Crippen molar-refractivity contribution in [3.05, 3.63) is 59.9 Å². The zero-order valence-electron chi connectivity index (χ0n) is 15.0. The molecular formula is C19H25FIN3O2. The largest absolute Gasteiger partial charge is 0.494 e. The van der Waals surface area contributed by atoms with Gasteiger partial charge in [0.25, 0.3) is 0 Å². The number of methoxy groups -OCH3 is 1. The van der Waals surface area contributed by atoms with Gasteiger partial charge in [0, 0.05) is 20.1 Å². The van der Waals surface area contributed by atoms with Crippen LogP contribution in [-0.2, 0) is 6.54 Å². The molecule has 0 fully saturated rings. The molecule has 2 aromatic carbocycles. The quantitative estimate of drug-likeness (QED) is 0.267. The highest BCUT2D eigenvalue weighted by Crippen LogP contribution is 2.17. The van der Waals surface area contributed by atoms with Crippen molar-refractivity contribution in [1.29, 1.82) is 0 Å². The lowest BCUT2D eigenvalue weighted by Crippen LogP contribution is -2.37. The number of ether oxygens (including phenoxy) is 2. The Morgan fingerprint density at radius 3 is 2.54 bits per heavy atom. The number of nitrogens with zero attached hydrogens (tertiary/aromatic N) is 1. The first kappa shape index (κ1) is 22.0. The smallest absolute Gasteiger partial charge is 0.191 e. The Labute approximate surface area is 171 Å². The fourth-order valence-corrected chi connectivity index (χ4v) is 2.21. The van der Waals surface area contributed by atoms with E-state index >= 15 is 0 Å². The summed E-state index contributed by atoms with van der Waals surface area (Å²) < 4.78 is 24.2. The van der Waals surface area contributed by atoms with Gasteiger partial charge in [-0.1, -0.05) is 24.3 Å². The summed E-state index contributed by atoms with van der Waals surface area (Å²) in [5.74, 6) is 1.40. The molecule has 2 aromatic rings. The minimum absolute atomic E-state index is 0. The molecule has 0 radical (unpaired) electrons. The van der Waals surface area contributed by atoms with Crippen LogP contribution < -0.4 is 20.1 Å². The predicted octanol–water partition coefficient (Wildman–Crippen LogP) is 3.59. The molecule has 0 saturated heterocycles. The van der Waals surface area contributed by atoms with Gasteiger partial charge >= 0.3 is 0 Å². The van der Waals surface area contributed by atoms with E-state index in [0.717, 1.165) is 24.3 Å². The van der Waals surface area contributed by atoms with E-state index in [1.807, 2.05) is 36.4 Å². The Kier molecular flexibility index (Phi) is 10.5. The molecule has 7 heteroatoms. The number of rotatable bonds is 8. The second-order valence-electron chi connectivity index (χ2n) is 5.34.